The lowest BCUT2D eigenvalue weighted by Crippen LogP contribution is -2.52. The van der Waals surface area contributed by atoms with Crippen LogP contribution in [-0.4, -0.2) is 61.1 Å². The van der Waals surface area contributed by atoms with Crippen LogP contribution in [0.25, 0.3) is 0 Å². The predicted octanol–water partition coefficient (Wildman–Crippen LogP) is 3.62. The first-order valence-corrected chi connectivity index (χ1v) is 9.82. The molecule has 1 aromatic rings. The van der Waals surface area contributed by atoms with Crippen molar-refractivity contribution in [2.24, 2.45) is 0 Å². The van der Waals surface area contributed by atoms with Crippen molar-refractivity contribution in [3.8, 4) is 0 Å². The van der Waals surface area contributed by atoms with Crippen LogP contribution in [0.1, 0.15) is 39.5 Å². The van der Waals surface area contributed by atoms with Crippen LogP contribution < -0.4 is 10.2 Å². The third-order valence-corrected chi connectivity index (χ3v) is 5.66. The molecule has 0 aromatic heterocycles. The van der Waals surface area contributed by atoms with E-state index < -0.39 is 0 Å². The molecule has 2 aliphatic heterocycles. The van der Waals surface area contributed by atoms with Gasteiger partial charge in [-0.25, -0.2) is 4.79 Å². The Labute approximate surface area is 152 Å². The van der Waals surface area contributed by atoms with E-state index in [4.69, 9.17) is 0 Å². The number of hydrogen-bond donors (Lipinski definition) is 1. The molecule has 1 aromatic carbocycles. The molecule has 2 aliphatic rings. The minimum atomic E-state index is 0.0227. The van der Waals surface area contributed by atoms with Gasteiger partial charge in [0.1, 0.15) is 0 Å². The van der Waals surface area contributed by atoms with Gasteiger partial charge < -0.3 is 15.1 Å². The zero-order valence-electron chi connectivity index (χ0n) is 15.7. The SMILES string of the molecule is CCC(C)N1CCN(C(=O)Nc2ccc(N3CCCCC3)cc2)CC1. The van der Waals surface area contributed by atoms with Crippen molar-refractivity contribution in [2.45, 2.75) is 45.6 Å². The molecule has 1 N–H and O–H groups in total. The second kappa shape index (κ2) is 8.56. The van der Waals surface area contributed by atoms with Crippen molar-refractivity contribution >= 4 is 17.4 Å². The van der Waals surface area contributed by atoms with E-state index in [1.165, 1.54) is 24.9 Å². The molecule has 3 rings (SSSR count). The molecule has 2 saturated heterocycles. The summed E-state index contributed by atoms with van der Waals surface area (Å²) in [6.07, 6.45) is 5.06. The van der Waals surface area contributed by atoms with E-state index in [0.29, 0.717) is 6.04 Å². The third-order valence-electron chi connectivity index (χ3n) is 5.66. The van der Waals surface area contributed by atoms with Crippen molar-refractivity contribution in [1.82, 2.24) is 9.80 Å². The number of urea groups is 1. The molecular formula is C20H32N4O. The molecule has 5 nitrogen and oxygen atoms in total. The van der Waals surface area contributed by atoms with Crippen LogP contribution >= 0.6 is 0 Å². The van der Waals surface area contributed by atoms with E-state index >= 15 is 0 Å². The van der Waals surface area contributed by atoms with Gasteiger partial charge in [-0.05, 0) is 56.9 Å². The molecule has 1 atom stereocenters. The number of anilines is 2. The van der Waals surface area contributed by atoms with Gasteiger partial charge in [0.25, 0.3) is 0 Å². The fourth-order valence-electron chi connectivity index (χ4n) is 3.73. The summed E-state index contributed by atoms with van der Waals surface area (Å²) < 4.78 is 0. The van der Waals surface area contributed by atoms with Crippen LogP contribution in [0.2, 0.25) is 0 Å². The van der Waals surface area contributed by atoms with Gasteiger partial charge in [-0.2, -0.15) is 0 Å². The van der Waals surface area contributed by atoms with Gasteiger partial charge in [0.2, 0.25) is 0 Å². The lowest BCUT2D eigenvalue weighted by atomic mass is 10.1. The van der Waals surface area contributed by atoms with E-state index in [-0.39, 0.29) is 6.03 Å². The molecular weight excluding hydrogens is 312 g/mol. The Kier molecular flexibility index (Phi) is 6.19. The summed E-state index contributed by atoms with van der Waals surface area (Å²) in [6, 6.07) is 8.93. The van der Waals surface area contributed by atoms with E-state index in [2.05, 4.69) is 41.1 Å². The number of nitrogens with one attached hydrogen (secondary N) is 1. The molecule has 138 valence electrons. The molecule has 5 heteroatoms. The van der Waals surface area contributed by atoms with Crippen molar-refractivity contribution in [3.05, 3.63) is 24.3 Å². The Morgan fingerprint density at radius 3 is 2.24 bits per heavy atom. The summed E-state index contributed by atoms with van der Waals surface area (Å²) in [4.78, 5) is 19.3. The topological polar surface area (TPSA) is 38.8 Å². The number of piperidine rings is 1. The molecule has 2 amide bonds. The zero-order valence-corrected chi connectivity index (χ0v) is 15.7. The monoisotopic (exact) mass is 344 g/mol. The predicted molar refractivity (Wildman–Crippen MR) is 104 cm³/mol. The van der Waals surface area contributed by atoms with E-state index in [1.807, 2.05) is 17.0 Å². The lowest BCUT2D eigenvalue weighted by Gasteiger charge is -2.37. The molecule has 0 radical (unpaired) electrons. The van der Waals surface area contributed by atoms with E-state index in [0.717, 1.165) is 51.4 Å². The second-order valence-electron chi connectivity index (χ2n) is 7.31. The highest BCUT2D eigenvalue weighted by molar-refractivity contribution is 5.89. The first-order chi connectivity index (χ1) is 12.2. The molecule has 0 spiro atoms. The quantitative estimate of drug-likeness (QED) is 0.906. The standard InChI is InChI=1S/C20H32N4O/c1-3-17(2)22-13-15-24(16-14-22)20(25)21-18-7-9-19(10-8-18)23-11-5-4-6-12-23/h7-10,17H,3-6,11-16H2,1-2H3,(H,21,25). The number of benzene rings is 1. The fraction of sp³-hybridized carbons (Fsp3) is 0.650. The largest absolute Gasteiger partial charge is 0.372 e. The Balaban J connectivity index is 1.49. The maximum absolute atomic E-state index is 12.5. The van der Waals surface area contributed by atoms with Gasteiger partial charge in [-0.15, -0.1) is 0 Å². The number of carbonyl (C=O) groups excluding carboxylic acids is 1. The summed E-state index contributed by atoms with van der Waals surface area (Å²) >= 11 is 0. The van der Waals surface area contributed by atoms with Crippen molar-refractivity contribution < 1.29 is 4.79 Å². The number of amides is 2. The van der Waals surface area contributed by atoms with Crippen LogP contribution in [-0.2, 0) is 0 Å². The summed E-state index contributed by atoms with van der Waals surface area (Å²) in [5.74, 6) is 0. The average molecular weight is 345 g/mol. The number of rotatable bonds is 4. The van der Waals surface area contributed by atoms with Gasteiger partial charge in [-0.3, -0.25) is 4.90 Å². The Morgan fingerprint density at radius 1 is 1.00 bits per heavy atom. The first kappa shape index (κ1) is 18.1. The van der Waals surface area contributed by atoms with Crippen LogP contribution in [0.3, 0.4) is 0 Å². The van der Waals surface area contributed by atoms with Crippen molar-refractivity contribution in [3.63, 3.8) is 0 Å². The minimum Gasteiger partial charge on any atom is -0.372 e. The number of piperazine rings is 1. The van der Waals surface area contributed by atoms with Crippen LogP contribution in [0.15, 0.2) is 24.3 Å². The third kappa shape index (κ3) is 4.66. The van der Waals surface area contributed by atoms with Gasteiger partial charge in [0.15, 0.2) is 0 Å². The molecule has 0 bridgehead atoms. The highest BCUT2D eigenvalue weighted by Gasteiger charge is 2.23. The molecule has 0 aliphatic carbocycles. The first-order valence-electron chi connectivity index (χ1n) is 9.82. The summed E-state index contributed by atoms with van der Waals surface area (Å²) in [5.41, 5.74) is 2.15. The minimum absolute atomic E-state index is 0.0227. The molecule has 1 unspecified atom stereocenters. The Morgan fingerprint density at radius 2 is 1.64 bits per heavy atom. The maximum atomic E-state index is 12.5. The van der Waals surface area contributed by atoms with Gasteiger partial charge >= 0.3 is 6.03 Å². The van der Waals surface area contributed by atoms with Crippen molar-refractivity contribution in [2.75, 3.05) is 49.5 Å². The number of carbonyl (C=O) groups is 1. The summed E-state index contributed by atoms with van der Waals surface area (Å²) in [7, 11) is 0. The Hall–Kier alpha value is -1.75. The molecule has 2 fully saturated rings. The smallest absolute Gasteiger partial charge is 0.321 e. The highest BCUT2D eigenvalue weighted by atomic mass is 16.2. The van der Waals surface area contributed by atoms with Gasteiger partial charge in [0, 0.05) is 56.7 Å². The van der Waals surface area contributed by atoms with Gasteiger partial charge in [0.05, 0.1) is 0 Å². The lowest BCUT2D eigenvalue weighted by molar-refractivity contribution is 0.117. The molecule has 0 saturated carbocycles. The van der Waals surface area contributed by atoms with Crippen LogP contribution in [0.5, 0.6) is 0 Å². The van der Waals surface area contributed by atoms with E-state index in [1.54, 1.807) is 0 Å². The van der Waals surface area contributed by atoms with Crippen molar-refractivity contribution in [1.29, 1.82) is 0 Å². The van der Waals surface area contributed by atoms with Crippen LogP contribution in [0, 0.1) is 0 Å². The fourth-order valence-corrected chi connectivity index (χ4v) is 3.73. The maximum Gasteiger partial charge on any atom is 0.321 e. The number of hydrogen-bond acceptors (Lipinski definition) is 3. The van der Waals surface area contributed by atoms with Gasteiger partial charge in [-0.1, -0.05) is 6.92 Å². The molecule has 25 heavy (non-hydrogen) atoms. The number of nitrogens with zero attached hydrogens (tertiary/aromatic N) is 3. The normalized spacial score (nSPS) is 20.4. The highest BCUT2D eigenvalue weighted by Crippen LogP contribution is 2.22. The average Bonchev–Trinajstić information content (AvgIpc) is 2.68. The summed E-state index contributed by atoms with van der Waals surface area (Å²) in [6.45, 7) is 10.3. The zero-order chi connectivity index (χ0) is 17.6. The Bertz CT molecular complexity index is 545. The van der Waals surface area contributed by atoms with Crippen LogP contribution in [0.4, 0.5) is 16.2 Å². The second-order valence-corrected chi connectivity index (χ2v) is 7.31. The summed E-state index contributed by atoms with van der Waals surface area (Å²) in [5, 5.41) is 3.05. The van der Waals surface area contributed by atoms with E-state index in [9.17, 15) is 4.79 Å². The molecule has 2 heterocycles.